The molecule has 0 aliphatic rings. The van der Waals surface area contributed by atoms with Crippen LogP contribution in [0.4, 0.5) is 4.39 Å². The van der Waals surface area contributed by atoms with Crippen LogP contribution in [0, 0.1) is 24.1 Å². The van der Waals surface area contributed by atoms with E-state index in [0.29, 0.717) is 0 Å². The minimum atomic E-state index is -0.451. The molecule has 2 heteroatoms. The van der Waals surface area contributed by atoms with E-state index in [-0.39, 0.29) is 13.0 Å². The molecule has 1 aromatic carbocycles. The molecule has 0 bridgehead atoms. The monoisotopic (exact) mass is 151 g/mol. The van der Waals surface area contributed by atoms with Crippen LogP contribution < -0.4 is 0 Å². The zero-order valence-electron chi connectivity index (χ0n) is 5.56. The van der Waals surface area contributed by atoms with Crippen LogP contribution >= 0.6 is 0 Å². The number of hydrogen-bond donors (Lipinski definition) is 0. The fourth-order valence-corrected chi connectivity index (χ4v) is 0.725. The lowest BCUT2D eigenvalue weighted by Gasteiger charge is -1.92. The van der Waals surface area contributed by atoms with Gasteiger partial charge in [-0.15, -0.1) is 0 Å². The molecule has 0 saturated carbocycles. The second-order valence-electron chi connectivity index (χ2n) is 2.10. The van der Waals surface area contributed by atoms with E-state index in [9.17, 15) is 4.39 Å². The highest BCUT2D eigenvalue weighted by Gasteiger charge is 1.98. The van der Waals surface area contributed by atoms with E-state index in [1.54, 1.807) is 12.1 Å². The third kappa shape index (κ3) is 2.05. The minimum Gasteiger partial charge on any atom is -0.206 e. The summed E-state index contributed by atoms with van der Waals surface area (Å²) >= 11 is 0. The van der Waals surface area contributed by atoms with Crippen LogP contribution in [0.2, 0.25) is 0 Å². The predicted octanol–water partition coefficient (Wildman–Crippen LogP) is 2.64. The van der Waals surface area contributed by atoms with E-state index in [0.717, 1.165) is 5.56 Å². The normalized spacial score (nSPS) is 8.09. The van der Waals surface area contributed by atoms with E-state index in [4.69, 9.17) is 5.26 Å². The molecule has 58 valence electrons. The summed E-state index contributed by atoms with van der Waals surface area (Å²) in [5.41, 5.74) is 1.01. The summed E-state index contributed by atoms with van der Waals surface area (Å²) in [6.45, 7) is 1.82. The summed E-state index contributed by atoms with van der Waals surface area (Å²) in [6, 6.07) is 6.22. The summed E-state index contributed by atoms with van der Waals surface area (Å²) < 4.78 is 12.5. The molecule has 0 radical (unpaired) electrons. The lowest BCUT2D eigenvalue weighted by atomic mass is 10.1. The predicted molar refractivity (Wildman–Crippen MR) is 42.6 cm³/mol. The Balaban J connectivity index is 0.000001000. The van der Waals surface area contributed by atoms with Crippen molar-refractivity contribution in [3.63, 3.8) is 0 Å². The van der Waals surface area contributed by atoms with Gasteiger partial charge in [0, 0.05) is 0 Å². The Hall–Kier alpha value is -1.36. The SMILES string of the molecule is C.Cc1ccc(F)c(C#N)c1. The van der Waals surface area contributed by atoms with Crippen molar-refractivity contribution in [2.45, 2.75) is 14.4 Å². The van der Waals surface area contributed by atoms with E-state index < -0.39 is 5.82 Å². The standard InChI is InChI=1S/C8H6FN.CH4/c1-6-2-3-8(9)7(4-6)5-10;/h2-4H,1H3;1H4. The first-order valence-corrected chi connectivity index (χ1v) is 2.90. The molecular formula is C9H10FN. The Morgan fingerprint density at radius 1 is 1.45 bits per heavy atom. The lowest BCUT2D eigenvalue weighted by Crippen LogP contribution is -1.83. The first-order chi connectivity index (χ1) is 4.74. The molecule has 0 aromatic heterocycles. The van der Waals surface area contributed by atoms with E-state index >= 15 is 0 Å². The molecule has 1 aromatic rings. The van der Waals surface area contributed by atoms with Gasteiger partial charge in [-0.05, 0) is 24.6 Å². The van der Waals surface area contributed by atoms with Crippen molar-refractivity contribution in [3.8, 4) is 6.07 Å². The Bertz CT molecular complexity index is 286. The Morgan fingerprint density at radius 2 is 2.09 bits per heavy atom. The van der Waals surface area contributed by atoms with Crippen molar-refractivity contribution in [2.75, 3.05) is 0 Å². The summed E-state index contributed by atoms with van der Waals surface area (Å²) in [6.07, 6.45) is 0. The van der Waals surface area contributed by atoms with Gasteiger partial charge in [0.05, 0.1) is 5.56 Å². The van der Waals surface area contributed by atoms with E-state index in [1.165, 1.54) is 12.1 Å². The third-order valence-electron chi connectivity index (χ3n) is 1.24. The topological polar surface area (TPSA) is 23.8 Å². The van der Waals surface area contributed by atoms with E-state index in [1.807, 2.05) is 6.92 Å². The molecule has 1 rings (SSSR count). The highest BCUT2D eigenvalue weighted by molar-refractivity contribution is 5.33. The average molecular weight is 151 g/mol. The van der Waals surface area contributed by atoms with Crippen LogP contribution in [-0.2, 0) is 0 Å². The lowest BCUT2D eigenvalue weighted by molar-refractivity contribution is 0.623. The number of aryl methyl sites for hydroxylation is 1. The minimum absolute atomic E-state index is 0. The fraction of sp³-hybridized carbons (Fsp3) is 0.222. The first kappa shape index (κ1) is 9.64. The Kier molecular flexibility index (Phi) is 3.26. The van der Waals surface area contributed by atoms with Gasteiger partial charge in [-0.1, -0.05) is 13.5 Å². The van der Waals surface area contributed by atoms with Crippen LogP contribution in [0.3, 0.4) is 0 Å². The highest BCUT2D eigenvalue weighted by atomic mass is 19.1. The van der Waals surface area contributed by atoms with Gasteiger partial charge >= 0.3 is 0 Å². The maximum absolute atomic E-state index is 12.5. The number of nitriles is 1. The number of halogens is 1. The summed E-state index contributed by atoms with van der Waals surface area (Å²) in [5.74, 6) is -0.451. The molecule has 1 nitrogen and oxygen atoms in total. The number of benzene rings is 1. The molecule has 0 saturated heterocycles. The van der Waals surface area contributed by atoms with Crippen molar-refractivity contribution in [2.24, 2.45) is 0 Å². The second kappa shape index (κ2) is 3.72. The van der Waals surface area contributed by atoms with Crippen LogP contribution in [0.25, 0.3) is 0 Å². The van der Waals surface area contributed by atoms with Gasteiger partial charge in [0.15, 0.2) is 0 Å². The zero-order valence-corrected chi connectivity index (χ0v) is 5.56. The molecule has 0 amide bonds. The zero-order chi connectivity index (χ0) is 7.56. The second-order valence-corrected chi connectivity index (χ2v) is 2.10. The van der Waals surface area contributed by atoms with Crippen molar-refractivity contribution in [1.29, 1.82) is 5.26 Å². The van der Waals surface area contributed by atoms with Crippen LogP contribution in [0.1, 0.15) is 18.6 Å². The van der Waals surface area contributed by atoms with Crippen LogP contribution in [0.15, 0.2) is 18.2 Å². The number of rotatable bonds is 0. The van der Waals surface area contributed by atoms with Crippen molar-refractivity contribution in [3.05, 3.63) is 35.1 Å². The molecule has 11 heavy (non-hydrogen) atoms. The maximum atomic E-state index is 12.5. The summed E-state index contributed by atoms with van der Waals surface area (Å²) in [5, 5.41) is 8.35. The van der Waals surface area contributed by atoms with Gasteiger partial charge in [0.2, 0.25) is 0 Å². The van der Waals surface area contributed by atoms with Gasteiger partial charge in [-0.3, -0.25) is 0 Å². The Labute approximate surface area is 66.1 Å². The fourth-order valence-electron chi connectivity index (χ4n) is 0.725. The molecule has 0 atom stereocenters. The molecule has 0 unspecified atom stereocenters. The van der Waals surface area contributed by atoms with Gasteiger partial charge in [0.1, 0.15) is 11.9 Å². The van der Waals surface area contributed by atoms with Gasteiger partial charge in [-0.25, -0.2) is 4.39 Å². The molecule has 0 fully saturated rings. The quantitative estimate of drug-likeness (QED) is 0.559. The average Bonchev–Trinajstić information content (AvgIpc) is 1.94. The summed E-state index contributed by atoms with van der Waals surface area (Å²) in [7, 11) is 0. The van der Waals surface area contributed by atoms with Crippen molar-refractivity contribution >= 4 is 0 Å². The van der Waals surface area contributed by atoms with Crippen molar-refractivity contribution < 1.29 is 4.39 Å². The Morgan fingerprint density at radius 3 is 2.55 bits per heavy atom. The molecular weight excluding hydrogens is 141 g/mol. The molecule has 0 N–H and O–H groups in total. The van der Waals surface area contributed by atoms with Gasteiger partial charge in [-0.2, -0.15) is 5.26 Å². The first-order valence-electron chi connectivity index (χ1n) is 2.90. The number of nitrogens with zero attached hydrogens (tertiary/aromatic N) is 1. The largest absolute Gasteiger partial charge is 0.206 e. The molecule has 0 spiro atoms. The highest BCUT2D eigenvalue weighted by Crippen LogP contribution is 2.07. The summed E-state index contributed by atoms with van der Waals surface area (Å²) in [4.78, 5) is 0. The van der Waals surface area contributed by atoms with Crippen LogP contribution in [-0.4, -0.2) is 0 Å². The smallest absolute Gasteiger partial charge is 0.140 e. The number of hydrogen-bond acceptors (Lipinski definition) is 1. The van der Waals surface area contributed by atoms with E-state index in [2.05, 4.69) is 0 Å². The molecule has 0 heterocycles. The van der Waals surface area contributed by atoms with Crippen LogP contribution in [0.5, 0.6) is 0 Å². The van der Waals surface area contributed by atoms with Gasteiger partial charge in [0.25, 0.3) is 0 Å². The molecule has 0 aliphatic carbocycles. The maximum Gasteiger partial charge on any atom is 0.140 e. The van der Waals surface area contributed by atoms with Gasteiger partial charge < -0.3 is 0 Å². The molecule has 0 aliphatic heterocycles. The third-order valence-corrected chi connectivity index (χ3v) is 1.24. The van der Waals surface area contributed by atoms with Crippen molar-refractivity contribution in [1.82, 2.24) is 0 Å².